The van der Waals surface area contributed by atoms with E-state index >= 15 is 0 Å². The van der Waals surface area contributed by atoms with Gasteiger partial charge >= 0.3 is 0 Å². The van der Waals surface area contributed by atoms with E-state index in [1.54, 1.807) is 0 Å². The molecule has 2 aromatic rings. The minimum absolute atomic E-state index is 1.21. The summed E-state index contributed by atoms with van der Waals surface area (Å²) in [7, 11) is 0. The van der Waals surface area contributed by atoms with Crippen molar-refractivity contribution in [3.8, 4) is 0 Å². The molecule has 2 heterocycles. The Hall–Kier alpha value is -1.11. The Morgan fingerprint density at radius 2 is 1.84 bits per heavy atom. The van der Waals surface area contributed by atoms with Crippen LogP contribution in [0.15, 0.2) is 42.2 Å². The number of hydrogen-bond acceptors (Lipinski definition) is 1. The van der Waals surface area contributed by atoms with Crippen molar-refractivity contribution in [2.75, 3.05) is 0 Å². The molecule has 3 heteroatoms. The van der Waals surface area contributed by atoms with Crippen LogP contribution in [0.2, 0.25) is 0 Å². The molecule has 0 saturated heterocycles. The van der Waals surface area contributed by atoms with E-state index in [-0.39, 0.29) is 0 Å². The summed E-state index contributed by atoms with van der Waals surface area (Å²) in [6, 6.07) is 11.3. The second-order valence-corrected chi connectivity index (χ2v) is 9.66. The Morgan fingerprint density at radius 3 is 2.68 bits per heavy atom. The maximum absolute atomic E-state index is 6.08. The average Bonchev–Trinajstić information content (AvgIpc) is 2.99. The molecule has 4 rings (SSSR count). The summed E-state index contributed by atoms with van der Waals surface area (Å²) in [5.41, 5.74) is 4.43. The molecule has 2 aliphatic rings. The van der Waals surface area contributed by atoms with Crippen molar-refractivity contribution in [1.29, 1.82) is 0 Å². The largest absolute Gasteiger partial charge is 0.319 e. The van der Waals surface area contributed by atoms with Gasteiger partial charge in [-0.3, -0.25) is 0 Å². The number of nitrogens with zero attached hydrogens (tertiary/aromatic N) is 1. The Bertz CT molecular complexity index is 712. The first-order valence-corrected chi connectivity index (χ1v) is 9.74. The fraction of sp³-hybridized carbons (Fsp3) is 0.250. The maximum Gasteiger partial charge on any atom is 0.0637 e. The Labute approximate surface area is 119 Å². The van der Waals surface area contributed by atoms with Crippen molar-refractivity contribution in [1.82, 2.24) is 4.57 Å². The van der Waals surface area contributed by atoms with Crippen LogP contribution >= 0.6 is 6.04 Å². The molecule has 1 aromatic carbocycles. The summed E-state index contributed by atoms with van der Waals surface area (Å²) in [6.45, 7) is 0. The number of benzene rings is 1. The van der Waals surface area contributed by atoms with Gasteiger partial charge in [0.05, 0.1) is 5.44 Å². The van der Waals surface area contributed by atoms with E-state index in [4.69, 9.17) is 11.8 Å². The third-order valence-electron chi connectivity index (χ3n) is 4.23. The van der Waals surface area contributed by atoms with E-state index in [0.717, 1.165) is 0 Å². The molecule has 1 unspecified atom stereocenters. The van der Waals surface area contributed by atoms with Gasteiger partial charge in [-0.15, -0.1) is 0 Å². The van der Waals surface area contributed by atoms with Crippen LogP contribution in [0.5, 0.6) is 0 Å². The summed E-state index contributed by atoms with van der Waals surface area (Å²) in [5.74, 6) is 2.28. The lowest BCUT2D eigenvalue weighted by Crippen LogP contribution is -2.16. The molecule has 96 valence electrons. The highest BCUT2D eigenvalue weighted by Crippen LogP contribution is 2.50. The molecule has 1 atom stereocenters. The highest BCUT2D eigenvalue weighted by atomic mass is 32.4. The molecule has 19 heavy (non-hydrogen) atoms. The lowest BCUT2D eigenvalue weighted by Gasteiger charge is -2.14. The van der Waals surface area contributed by atoms with Crippen molar-refractivity contribution < 1.29 is 0 Å². The molecule has 0 amide bonds. The Morgan fingerprint density at radius 1 is 1.05 bits per heavy atom. The third kappa shape index (κ3) is 1.63. The van der Waals surface area contributed by atoms with Crippen LogP contribution < -0.4 is 10.7 Å². The summed E-state index contributed by atoms with van der Waals surface area (Å²) in [4.78, 5) is 0. The van der Waals surface area contributed by atoms with Gasteiger partial charge in [0.1, 0.15) is 0 Å². The summed E-state index contributed by atoms with van der Waals surface area (Å²) in [5, 5.41) is 1.31. The molecule has 1 nitrogen and oxygen atoms in total. The zero-order valence-corrected chi connectivity index (χ0v) is 12.5. The molecule has 1 aliphatic carbocycles. The molecule has 1 aromatic heterocycles. The standard InChI is InChI=1S/C16H16NPS/c19-18(14-7-2-1-3-8-14)11-10-17-15-9-5-4-6-13(15)12-16(17)18/h1-3,7-8,10-12H,4-6,9H2. The van der Waals surface area contributed by atoms with Crippen LogP contribution in [-0.4, -0.2) is 4.57 Å². The maximum atomic E-state index is 6.08. The molecule has 0 radical (unpaired) electrons. The van der Waals surface area contributed by atoms with E-state index in [2.05, 4.69) is 53.0 Å². The molecule has 0 saturated carbocycles. The highest BCUT2D eigenvalue weighted by Gasteiger charge is 2.30. The molecule has 0 bridgehead atoms. The van der Waals surface area contributed by atoms with Crippen LogP contribution in [0.3, 0.4) is 0 Å². The number of hydrogen-bond donors (Lipinski definition) is 0. The van der Waals surface area contributed by atoms with Crippen LogP contribution in [0.4, 0.5) is 0 Å². The summed E-state index contributed by atoms with van der Waals surface area (Å²) in [6.07, 6.45) is 7.32. The fourth-order valence-corrected chi connectivity index (χ4v) is 6.57. The predicted octanol–water partition coefficient (Wildman–Crippen LogP) is 3.24. The van der Waals surface area contributed by atoms with Gasteiger partial charge in [0, 0.05) is 17.9 Å². The number of aryl methyl sites for hydroxylation is 1. The smallest absolute Gasteiger partial charge is 0.0637 e. The van der Waals surface area contributed by atoms with Gasteiger partial charge in [0.25, 0.3) is 0 Å². The summed E-state index contributed by atoms with van der Waals surface area (Å²) < 4.78 is 2.39. The lowest BCUT2D eigenvalue weighted by atomic mass is 9.98. The highest BCUT2D eigenvalue weighted by molar-refractivity contribution is 8.23. The van der Waals surface area contributed by atoms with Crippen molar-refractivity contribution in [2.45, 2.75) is 25.7 Å². The van der Waals surface area contributed by atoms with Crippen LogP contribution in [0, 0.1) is 0 Å². The molecule has 0 spiro atoms. The van der Waals surface area contributed by atoms with Gasteiger partial charge in [-0.2, -0.15) is 0 Å². The van der Waals surface area contributed by atoms with Gasteiger partial charge in [-0.25, -0.2) is 0 Å². The molecular weight excluding hydrogens is 269 g/mol. The van der Waals surface area contributed by atoms with Gasteiger partial charge in [-0.05, 0) is 48.4 Å². The lowest BCUT2D eigenvalue weighted by molar-refractivity contribution is 0.668. The minimum Gasteiger partial charge on any atom is -0.319 e. The first-order valence-electron chi connectivity index (χ1n) is 6.87. The van der Waals surface area contributed by atoms with Crippen molar-refractivity contribution in [3.63, 3.8) is 0 Å². The Kier molecular flexibility index (Phi) is 2.58. The molecule has 0 N–H and O–H groups in total. The first kappa shape index (κ1) is 11.7. The number of aromatic nitrogens is 1. The van der Waals surface area contributed by atoms with Gasteiger partial charge in [0.2, 0.25) is 0 Å². The average molecular weight is 285 g/mol. The summed E-state index contributed by atoms with van der Waals surface area (Å²) >= 11 is 6.08. The van der Waals surface area contributed by atoms with Gasteiger partial charge < -0.3 is 4.57 Å². The zero-order chi connectivity index (χ0) is 12.9. The third-order valence-corrected chi connectivity index (χ3v) is 8.43. The van der Waals surface area contributed by atoms with Crippen molar-refractivity contribution in [3.05, 3.63) is 53.5 Å². The molecule has 1 aliphatic heterocycles. The second kappa shape index (κ2) is 4.19. The van der Waals surface area contributed by atoms with Crippen molar-refractivity contribution >= 4 is 34.8 Å². The van der Waals surface area contributed by atoms with Crippen molar-refractivity contribution in [2.24, 2.45) is 0 Å². The monoisotopic (exact) mass is 285 g/mol. The first-order chi connectivity index (χ1) is 9.29. The Balaban J connectivity index is 1.92. The molecule has 0 fully saturated rings. The predicted molar refractivity (Wildman–Crippen MR) is 86.4 cm³/mol. The minimum atomic E-state index is -1.70. The number of rotatable bonds is 1. The van der Waals surface area contributed by atoms with Gasteiger partial charge in [0.15, 0.2) is 0 Å². The van der Waals surface area contributed by atoms with E-state index in [1.165, 1.54) is 47.7 Å². The number of fused-ring (bicyclic) bond motifs is 3. The van der Waals surface area contributed by atoms with E-state index in [1.807, 2.05) is 0 Å². The van der Waals surface area contributed by atoms with Crippen LogP contribution in [-0.2, 0) is 24.6 Å². The van der Waals surface area contributed by atoms with Crippen LogP contribution in [0.1, 0.15) is 24.1 Å². The van der Waals surface area contributed by atoms with Gasteiger partial charge in [-0.1, -0.05) is 42.1 Å². The quantitative estimate of drug-likeness (QED) is 0.728. The zero-order valence-electron chi connectivity index (χ0n) is 10.7. The normalized spacial score (nSPS) is 24.2. The second-order valence-electron chi connectivity index (χ2n) is 5.34. The van der Waals surface area contributed by atoms with E-state index < -0.39 is 6.04 Å². The fourth-order valence-electron chi connectivity index (χ4n) is 3.23. The topological polar surface area (TPSA) is 4.93 Å². The SMILES string of the molecule is S=P1(c2ccccc2)C=Cn2c1cc1c2CCCC1. The van der Waals surface area contributed by atoms with E-state index in [9.17, 15) is 0 Å². The van der Waals surface area contributed by atoms with Crippen LogP contribution in [0.25, 0.3) is 6.20 Å². The van der Waals surface area contributed by atoms with E-state index in [0.29, 0.717) is 0 Å². The molecular formula is C16H16NPS.